The molecule has 9 rings (SSSR count). The molecule has 0 aromatic heterocycles. The fraction of sp³-hybridized carbons (Fsp3) is 0.0588. The number of hydrogen-bond acceptors (Lipinski definition) is 1. The normalized spacial score (nSPS) is 13.1. The maximum atomic E-state index is 2.41. The van der Waals surface area contributed by atoms with Crippen LogP contribution in [0.3, 0.4) is 0 Å². The Hall–Kier alpha value is -6.44. The van der Waals surface area contributed by atoms with Gasteiger partial charge < -0.3 is 4.90 Å². The molecular formula is C51H39N. The molecule has 0 atom stereocenters. The molecule has 0 saturated heterocycles. The van der Waals surface area contributed by atoms with Crippen molar-refractivity contribution in [1.29, 1.82) is 0 Å². The van der Waals surface area contributed by atoms with E-state index in [0.717, 1.165) is 17.1 Å². The SMILES string of the molecule is CC1(C)C(c2ccc(N(c3ccc(-c4ccccc4)cc3)c3ccc(-c4ccc(-c5ccccc5)cc4)cc3)cc2)=Cc2c1ccc1ccccc21. The number of benzene rings is 8. The molecule has 0 N–H and O–H groups in total. The van der Waals surface area contributed by atoms with Crippen LogP contribution in [0.1, 0.15) is 30.5 Å². The van der Waals surface area contributed by atoms with E-state index in [-0.39, 0.29) is 5.41 Å². The van der Waals surface area contributed by atoms with Crippen LogP contribution in [0.25, 0.3) is 55.8 Å². The predicted octanol–water partition coefficient (Wildman–Crippen LogP) is 14.1. The second kappa shape index (κ2) is 13.0. The predicted molar refractivity (Wildman–Crippen MR) is 222 cm³/mol. The van der Waals surface area contributed by atoms with E-state index in [1.807, 2.05) is 0 Å². The number of anilines is 3. The highest BCUT2D eigenvalue weighted by Gasteiger charge is 2.34. The Bertz CT molecular complexity index is 2520. The van der Waals surface area contributed by atoms with Crippen LogP contribution < -0.4 is 4.90 Å². The van der Waals surface area contributed by atoms with Gasteiger partial charge in [-0.3, -0.25) is 0 Å². The third-order valence-corrected chi connectivity index (χ3v) is 10.7. The van der Waals surface area contributed by atoms with Crippen LogP contribution in [0, 0.1) is 0 Å². The van der Waals surface area contributed by atoms with Crippen LogP contribution >= 0.6 is 0 Å². The summed E-state index contributed by atoms with van der Waals surface area (Å²) in [6.45, 7) is 4.70. The zero-order valence-corrected chi connectivity index (χ0v) is 29.5. The molecule has 0 unspecified atom stereocenters. The van der Waals surface area contributed by atoms with Crippen molar-refractivity contribution in [3.05, 3.63) is 211 Å². The Balaban J connectivity index is 1.07. The summed E-state index contributed by atoms with van der Waals surface area (Å²) >= 11 is 0. The van der Waals surface area contributed by atoms with Gasteiger partial charge in [-0.05, 0) is 109 Å². The molecule has 1 aliphatic rings. The molecule has 0 radical (unpaired) electrons. The maximum absolute atomic E-state index is 2.41. The first kappa shape index (κ1) is 31.5. The second-order valence-corrected chi connectivity index (χ2v) is 14.2. The van der Waals surface area contributed by atoms with Crippen LogP contribution in [0.2, 0.25) is 0 Å². The summed E-state index contributed by atoms with van der Waals surface area (Å²) in [5, 5.41) is 2.61. The van der Waals surface area contributed by atoms with Crippen LogP contribution in [0.5, 0.6) is 0 Å². The lowest BCUT2D eigenvalue weighted by Crippen LogP contribution is -2.16. The highest BCUT2D eigenvalue weighted by molar-refractivity contribution is 6.03. The fourth-order valence-electron chi connectivity index (χ4n) is 7.87. The highest BCUT2D eigenvalue weighted by atomic mass is 15.1. The molecule has 1 aliphatic carbocycles. The van der Waals surface area contributed by atoms with E-state index in [0.29, 0.717) is 0 Å². The number of nitrogens with zero attached hydrogens (tertiary/aromatic N) is 1. The highest BCUT2D eigenvalue weighted by Crippen LogP contribution is 2.49. The molecule has 0 heterocycles. The van der Waals surface area contributed by atoms with Gasteiger partial charge in [-0.15, -0.1) is 0 Å². The molecule has 0 fully saturated rings. The van der Waals surface area contributed by atoms with Crippen molar-refractivity contribution < 1.29 is 0 Å². The molecule has 1 heteroatoms. The Morgan fingerprint density at radius 2 is 0.731 bits per heavy atom. The van der Waals surface area contributed by atoms with Crippen LogP contribution in [0.4, 0.5) is 17.1 Å². The van der Waals surface area contributed by atoms with E-state index in [1.54, 1.807) is 0 Å². The summed E-state index contributed by atoms with van der Waals surface area (Å²) < 4.78 is 0. The first-order valence-electron chi connectivity index (χ1n) is 18.1. The largest absolute Gasteiger partial charge is 0.311 e. The summed E-state index contributed by atoms with van der Waals surface area (Å²) in [5.74, 6) is 0. The summed E-state index contributed by atoms with van der Waals surface area (Å²) in [7, 11) is 0. The first-order valence-corrected chi connectivity index (χ1v) is 18.1. The Kier molecular flexibility index (Phi) is 7.90. The fourth-order valence-corrected chi connectivity index (χ4v) is 7.87. The Morgan fingerprint density at radius 3 is 1.21 bits per heavy atom. The van der Waals surface area contributed by atoms with Gasteiger partial charge in [0, 0.05) is 22.5 Å². The summed E-state index contributed by atoms with van der Waals surface area (Å²) in [5.41, 5.74) is 15.9. The van der Waals surface area contributed by atoms with Crippen molar-refractivity contribution in [2.75, 3.05) is 4.90 Å². The molecule has 52 heavy (non-hydrogen) atoms. The molecule has 0 amide bonds. The second-order valence-electron chi connectivity index (χ2n) is 14.2. The van der Waals surface area contributed by atoms with E-state index in [1.165, 1.54) is 66.4 Å². The zero-order chi connectivity index (χ0) is 35.1. The third kappa shape index (κ3) is 5.71. The van der Waals surface area contributed by atoms with Crippen molar-refractivity contribution in [2.45, 2.75) is 19.3 Å². The van der Waals surface area contributed by atoms with Crippen molar-refractivity contribution in [2.24, 2.45) is 0 Å². The summed E-state index contributed by atoms with van der Waals surface area (Å²) in [6.07, 6.45) is 2.41. The molecule has 0 aliphatic heterocycles. The monoisotopic (exact) mass is 665 g/mol. The van der Waals surface area contributed by atoms with Gasteiger partial charge in [0.05, 0.1) is 0 Å². The Morgan fingerprint density at radius 1 is 0.346 bits per heavy atom. The van der Waals surface area contributed by atoms with Gasteiger partial charge in [0.15, 0.2) is 0 Å². The molecular weight excluding hydrogens is 627 g/mol. The van der Waals surface area contributed by atoms with Gasteiger partial charge in [0.2, 0.25) is 0 Å². The van der Waals surface area contributed by atoms with Crippen molar-refractivity contribution in [3.63, 3.8) is 0 Å². The average Bonchev–Trinajstić information content (AvgIpc) is 3.49. The van der Waals surface area contributed by atoms with Gasteiger partial charge in [-0.2, -0.15) is 0 Å². The van der Waals surface area contributed by atoms with Crippen molar-refractivity contribution in [1.82, 2.24) is 0 Å². The Labute approximate surface area is 306 Å². The quantitative estimate of drug-likeness (QED) is 0.164. The number of allylic oxidation sites excluding steroid dienone is 1. The van der Waals surface area contributed by atoms with Gasteiger partial charge in [0.1, 0.15) is 0 Å². The molecule has 0 saturated carbocycles. The minimum atomic E-state index is -0.0943. The zero-order valence-electron chi connectivity index (χ0n) is 29.5. The lowest BCUT2D eigenvalue weighted by molar-refractivity contribution is 0.705. The van der Waals surface area contributed by atoms with E-state index in [2.05, 4.69) is 219 Å². The summed E-state index contributed by atoms with van der Waals surface area (Å²) in [4.78, 5) is 2.36. The van der Waals surface area contributed by atoms with Crippen molar-refractivity contribution in [3.8, 4) is 33.4 Å². The van der Waals surface area contributed by atoms with Crippen molar-refractivity contribution >= 4 is 39.5 Å². The molecule has 0 bridgehead atoms. The first-order chi connectivity index (χ1) is 25.5. The van der Waals surface area contributed by atoms with Crippen LogP contribution in [0.15, 0.2) is 194 Å². The number of hydrogen-bond donors (Lipinski definition) is 0. The standard InChI is InChI=1S/C51H39N/c1-51(2)49-34-27-42-15-9-10-16-47(42)48(49)35-50(51)43-25-32-46(33-26-43)52(44-28-21-40(22-29-44)37-13-7-4-8-14-37)45-30-23-41(24-31-45)39-19-17-38(18-20-39)36-11-5-3-6-12-36/h3-35H,1-2H3. The van der Waals surface area contributed by atoms with Gasteiger partial charge >= 0.3 is 0 Å². The minimum absolute atomic E-state index is 0.0943. The molecule has 248 valence electrons. The van der Waals surface area contributed by atoms with Crippen LogP contribution in [-0.4, -0.2) is 0 Å². The minimum Gasteiger partial charge on any atom is -0.311 e. The van der Waals surface area contributed by atoms with Gasteiger partial charge in [0.25, 0.3) is 0 Å². The molecule has 8 aromatic carbocycles. The van der Waals surface area contributed by atoms with Gasteiger partial charge in [-0.25, -0.2) is 0 Å². The molecule has 0 spiro atoms. The summed E-state index contributed by atoms with van der Waals surface area (Å²) in [6, 6.07) is 70.3. The molecule has 1 nitrogen and oxygen atoms in total. The topological polar surface area (TPSA) is 3.24 Å². The van der Waals surface area contributed by atoms with Gasteiger partial charge in [-0.1, -0.05) is 172 Å². The van der Waals surface area contributed by atoms with E-state index in [4.69, 9.17) is 0 Å². The number of fused-ring (bicyclic) bond motifs is 3. The lowest BCUT2D eigenvalue weighted by atomic mass is 9.78. The van der Waals surface area contributed by atoms with Crippen LogP contribution in [-0.2, 0) is 5.41 Å². The van der Waals surface area contributed by atoms with E-state index in [9.17, 15) is 0 Å². The lowest BCUT2D eigenvalue weighted by Gasteiger charge is -2.28. The maximum Gasteiger partial charge on any atom is 0.0462 e. The number of rotatable bonds is 7. The smallest absolute Gasteiger partial charge is 0.0462 e. The third-order valence-electron chi connectivity index (χ3n) is 10.7. The average molecular weight is 666 g/mol. The molecule has 8 aromatic rings. The van der Waals surface area contributed by atoms with E-state index >= 15 is 0 Å². The van der Waals surface area contributed by atoms with E-state index < -0.39 is 0 Å².